The van der Waals surface area contributed by atoms with Gasteiger partial charge in [0.25, 0.3) is 5.56 Å². The second-order valence-corrected chi connectivity index (χ2v) is 4.41. The van der Waals surface area contributed by atoms with Crippen LogP contribution in [0.5, 0.6) is 0 Å². The maximum atomic E-state index is 12.6. The predicted octanol–water partition coefficient (Wildman–Crippen LogP) is -0.110. The summed E-state index contributed by atoms with van der Waals surface area (Å²) in [7, 11) is 0. The van der Waals surface area contributed by atoms with Gasteiger partial charge >= 0.3 is 11.9 Å². The van der Waals surface area contributed by atoms with Gasteiger partial charge in [0, 0.05) is 13.1 Å². The number of alkyl halides is 3. The van der Waals surface area contributed by atoms with Gasteiger partial charge in [-0.3, -0.25) is 14.3 Å². The molecule has 1 aromatic rings. The molecule has 120 valence electrons. The van der Waals surface area contributed by atoms with E-state index in [0.29, 0.717) is 11.3 Å². The van der Waals surface area contributed by atoms with Crippen molar-refractivity contribution < 1.29 is 18.3 Å². The average Bonchev–Trinajstić information content (AvgIpc) is 2.32. The molecule has 0 amide bonds. The molecule has 10 heteroatoms. The molecule has 0 unspecified atom stereocenters. The third-order valence-electron chi connectivity index (χ3n) is 2.72. The molecular formula is C11H17F3N4O3. The van der Waals surface area contributed by atoms with E-state index in [4.69, 9.17) is 10.8 Å². The Kier molecular flexibility index (Phi) is 5.41. The van der Waals surface area contributed by atoms with E-state index >= 15 is 0 Å². The van der Waals surface area contributed by atoms with Crippen LogP contribution in [0, 0.1) is 0 Å². The summed E-state index contributed by atoms with van der Waals surface area (Å²) in [6.45, 7) is -0.574. The lowest BCUT2D eigenvalue weighted by atomic mass is 10.3. The van der Waals surface area contributed by atoms with E-state index in [0.717, 1.165) is 4.57 Å². The molecule has 1 rings (SSSR count). The summed E-state index contributed by atoms with van der Waals surface area (Å²) in [5, 5.41) is 8.87. The Morgan fingerprint density at radius 1 is 1.38 bits per heavy atom. The second kappa shape index (κ2) is 6.66. The first-order valence-corrected chi connectivity index (χ1v) is 6.26. The standard InChI is InChI=1S/C11H17F3N4O3/c1-2-3-18-8(15)7(9(20)16-10(18)21)17(4-5-19)6-11(12,13)14/h19H,2-6,15H2,1H3,(H,16,20,21). The molecular weight excluding hydrogens is 293 g/mol. The minimum atomic E-state index is -4.58. The zero-order chi connectivity index (χ0) is 16.2. The fourth-order valence-corrected chi connectivity index (χ4v) is 1.94. The number of aliphatic hydroxyl groups is 1. The van der Waals surface area contributed by atoms with Crippen molar-refractivity contribution in [1.29, 1.82) is 0 Å². The first-order chi connectivity index (χ1) is 9.71. The monoisotopic (exact) mass is 310 g/mol. The quantitative estimate of drug-likeness (QED) is 0.680. The number of aromatic amines is 1. The minimum Gasteiger partial charge on any atom is -0.395 e. The minimum absolute atomic E-state index is 0.160. The molecule has 0 spiro atoms. The molecule has 0 atom stereocenters. The maximum Gasteiger partial charge on any atom is 0.405 e. The van der Waals surface area contributed by atoms with E-state index in [1.165, 1.54) is 0 Å². The average molecular weight is 310 g/mol. The van der Waals surface area contributed by atoms with Crippen LogP contribution in [0.1, 0.15) is 13.3 Å². The van der Waals surface area contributed by atoms with Crippen molar-refractivity contribution in [3.8, 4) is 0 Å². The van der Waals surface area contributed by atoms with Crippen LogP contribution in [-0.4, -0.2) is 40.5 Å². The van der Waals surface area contributed by atoms with Crippen molar-refractivity contribution in [3.63, 3.8) is 0 Å². The second-order valence-electron chi connectivity index (χ2n) is 4.41. The molecule has 0 aromatic carbocycles. The number of nitrogens with two attached hydrogens (primary N) is 1. The molecule has 0 aliphatic rings. The number of nitrogen functional groups attached to an aromatic ring is 1. The van der Waals surface area contributed by atoms with Crippen molar-refractivity contribution in [2.45, 2.75) is 26.1 Å². The zero-order valence-corrected chi connectivity index (χ0v) is 11.4. The molecule has 21 heavy (non-hydrogen) atoms. The van der Waals surface area contributed by atoms with Crippen molar-refractivity contribution in [1.82, 2.24) is 9.55 Å². The molecule has 0 aliphatic heterocycles. The topological polar surface area (TPSA) is 104 Å². The van der Waals surface area contributed by atoms with Crippen LogP contribution in [0.15, 0.2) is 9.59 Å². The van der Waals surface area contributed by atoms with Gasteiger partial charge in [-0.15, -0.1) is 0 Å². The van der Waals surface area contributed by atoms with Crippen LogP contribution < -0.4 is 21.9 Å². The summed E-state index contributed by atoms with van der Waals surface area (Å²) in [6.07, 6.45) is -4.07. The predicted molar refractivity (Wildman–Crippen MR) is 71.4 cm³/mol. The number of halogens is 3. The Balaban J connectivity index is 3.40. The third kappa shape index (κ3) is 4.25. The Bertz CT molecular complexity index is 594. The van der Waals surface area contributed by atoms with Gasteiger partial charge in [-0.25, -0.2) is 4.79 Å². The maximum absolute atomic E-state index is 12.6. The van der Waals surface area contributed by atoms with Crippen molar-refractivity contribution >= 4 is 11.5 Å². The van der Waals surface area contributed by atoms with Crippen LogP contribution in [0.4, 0.5) is 24.7 Å². The summed E-state index contributed by atoms with van der Waals surface area (Å²) in [4.78, 5) is 25.9. The summed E-state index contributed by atoms with van der Waals surface area (Å²) >= 11 is 0. The number of aromatic nitrogens is 2. The van der Waals surface area contributed by atoms with Crippen molar-refractivity contribution in [2.75, 3.05) is 30.3 Å². The van der Waals surface area contributed by atoms with Crippen LogP contribution >= 0.6 is 0 Å². The Hall–Kier alpha value is -1.97. The number of rotatable bonds is 6. The molecule has 0 saturated heterocycles. The van der Waals surface area contributed by atoms with Gasteiger partial charge in [-0.2, -0.15) is 13.2 Å². The lowest BCUT2D eigenvalue weighted by molar-refractivity contribution is -0.119. The molecule has 0 radical (unpaired) electrons. The highest BCUT2D eigenvalue weighted by Gasteiger charge is 2.33. The number of aliphatic hydroxyl groups excluding tert-OH is 1. The van der Waals surface area contributed by atoms with Gasteiger partial charge in [0.2, 0.25) is 0 Å². The van der Waals surface area contributed by atoms with Gasteiger partial charge in [0.05, 0.1) is 6.61 Å². The molecule has 1 heterocycles. The van der Waals surface area contributed by atoms with Crippen LogP contribution in [-0.2, 0) is 6.54 Å². The van der Waals surface area contributed by atoms with Crippen LogP contribution in [0.2, 0.25) is 0 Å². The van der Waals surface area contributed by atoms with Crippen LogP contribution in [0.3, 0.4) is 0 Å². The van der Waals surface area contributed by atoms with Gasteiger partial charge in [-0.05, 0) is 6.42 Å². The van der Waals surface area contributed by atoms with Gasteiger partial charge < -0.3 is 15.7 Å². The highest BCUT2D eigenvalue weighted by atomic mass is 19.4. The summed E-state index contributed by atoms with van der Waals surface area (Å²) in [6, 6.07) is 0. The summed E-state index contributed by atoms with van der Waals surface area (Å²) < 4.78 is 38.7. The fourth-order valence-electron chi connectivity index (χ4n) is 1.94. The van der Waals surface area contributed by atoms with Crippen molar-refractivity contribution in [3.05, 3.63) is 20.8 Å². The Morgan fingerprint density at radius 3 is 2.48 bits per heavy atom. The largest absolute Gasteiger partial charge is 0.405 e. The Labute approximate surface area is 117 Å². The van der Waals surface area contributed by atoms with Gasteiger partial charge in [0.15, 0.2) is 0 Å². The molecule has 4 N–H and O–H groups in total. The number of nitrogens with zero attached hydrogens (tertiary/aromatic N) is 2. The highest BCUT2D eigenvalue weighted by Crippen LogP contribution is 2.22. The van der Waals surface area contributed by atoms with E-state index in [9.17, 15) is 22.8 Å². The van der Waals surface area contributed by atoms with E-state index < -0.39 is 42.8 Å². The highest BCUT2D eigenvalue weighted by molar-refractivity contribution is 5.62. The molecule has 0 bridgehead atoms. The van der Waals surface area contributed by atoms with Crippen molar-refractivity contribution in [2.24, 2.45) is 0 Å². The third-order valence-corrected chi connectivity index (χ3v) is 2.72. The van der Waals surface area contributed by atoms with E-state index in [1.54, 1.807) is 6.92 Å². The number of hydrogen-bond acceptors (Lipinski definition) is 5. The van der Waals surface area contributed by atoms with Crippen LogP contribution in [0.25, 0.3) is 0 Å². The Morgan fingerprint density at radius 2 is 2.00 bits per heavy atom. The molecule has 0 aliphatic carbocycles. The molecule has 7 nitrogen and oxygen atoms in total. The normalized spacial score (nSPS) is 11.7. The lowest BCUT2D eigenvalue weighted by Gasteiger charge is -2.26. The summed E-state index contributed by atoms with van der Waals surface area (Å²) in [5.74, 6) is -0.344. The van der Waals surface area contributed by atoms with E-state index in [2.05, 4.69) is 0 Å². The summed E-state index contributed by atoms with van der Waals surface area (Å²) in [5.41, 5.74) is 3.42. The molecule has 0 saturated carbocycles. The molecule has 1 aromatic heterocycles. The number of anilines is 2. The van der Waals surface area contributed by atoms with E-state index in [-0.39, 0.29) is 12.4 Å². The number of nitrogens with one attached hydrogen (secondary N) is 1. The number of hydrogen-bond donors (Lipinski definition) is 3. The first kappa shape index (κ1) is 17.1. The first-order valence-electron chi connectivity index (χ1n) is 6.26. The van der Waals surface area contributed by atoms with Gasteiger partial charge in [0.1, 0.15) is 18.1 Å². The lowest BCUT2D eigenvalue weighted by Crippen LogP contribution is -2.43. The van der Waals surface area contributed by atoms with E-state index in [1.807, 2.05) is 4.98 Å². The smallest absolute Gasteiger partial charge is 0.395 e. The zero-order valence-electron chi connectivity index (χ0n) is 11.4. The number of H-pyrrole nitrogens is 1. The molecule has 0 fully saturated rings. The van der Waals surface area contributed by atoms with Gasteiger partial charge in [-0.1, -0.05) is 6.92 Å². The fraction of sp³-hybridized carbons (Fsp3) is 0.636. The SMILES string of the molecule is CCCn1c(N)c(N(CCO)CC(F)(F)F)c(=O)[nH]c1=O.